The predicted octanol–water partition coefficient (Wildman–Crippen LogP) is 1.56. The first-order valence-corrected chi connectivity index (χ1v) is 11.0. The zero-order valence-corrected chi connectivity index (χ0v) is 16.2. The zero-order chi connectivity index (χ0) is 19.0. The Labute approximate surface area is 160 Å². The number of hydrogen-bond acceptors (Lipinski definition) is 8. The van der Waals surface area contributed by atoms with E-state index in [1.807, 2.05) is 0 Å². The van der Waals surface area contributed by atoms with Crippen LogP contribution >= 0.6 is 11.3 Å². The van der Waals surface area contributed by atoms with Gasteiger partial charge in [0.25, 0.3) is 0 Å². The number of rotatable bonds is 4. The van der Waals surface area contributed by atoms with Gasteiger partial charge in [-0.05, 0) is 18.9 Å². The largest absolute Gasteiger partial charge is 0.357 e. The van der Waals surface area contributed by atoms with E-state index in [0.29, 0.717) is 18.7 Å². The molecule has 0 amide bonds. The van der Waals surface area contributed by atoms with Gasteiger partial charge in [-0.15, -0.1) is 5.10 Å². The highest BCUT2D eigenvalue weighted by Gasteiger charge is 2.25. The van der Waals surface area contributed by atoms with Gasteiger partial charge in [-0.25, -0.2) is 22.2 Å². The van der Waals surface area contributed by atoms with Gasteiger partial charge in [0.15, 0.2) is 0 Å². The number of nitrogens with zero attached hydrogens (tertiary/aromatic N) is 6. The first-order valence-electron chi connectivity index (χ1n) is 8.36. The Morgan fingerprint density at radius 3 is 2.78 bits per heavy atom. The van der Waals surface area contributed by atoms with E-state index in [4.69, 9.17) is 5.26 Å². The Kier molecular flexibility index (Phi) is 4.55. The second-order valence-corrected chi connectivity index (χ2v) is 9.34. The van der Waals surface area contributed by atoms with E-state index in [2.05, 4.69) is 26.5 Å². The van der Waals surface area contributed by atoms with Crippen LogP contribution < -0.4 is 5.32 Å². The molecule has 4 heterocycles. The number of imidazole rings is 1. The van der Waals surface area contributed by atoms with E-state index < -0.39 is 10.0 Å². The summed E-state index contributed by atoms with van der Waals surface area (Å²) < 4.78 is 26.5. The lowest BCUT2D eigenvalue weighted by Gasteiger charge is -2.30. The Morgan fingerprint density at radius 1 is 1.30 bits per heavy atom. The minimum atomic E-state index is -3.13. The fourth-order valence-corrected chi connectivity index (χ4v) is 4.82. The summed E-state index contributed by atoms with van der Waals surface area (Å²) in [4.78, 5) is 9.22. The Bertz CT molecular complexity index is 1120. The van der Waals surface area contributed by atoms with Crippen LogP contribution in [0.25, 0.3) is 16.2 Å². The average Bonchev–Trinajstić information content (AvgIpc) is 3.21. The van der Waals surface area contributed by atoms with Crippen LogP contribution in [0.15, 0.2) is 24.7 Å². The number of nitriles is 1. The third-order valence-electron chi connectivity index (χ3n) is 4.50. The van der Waals surface area contributed by atoms with Gasteiger partial charge < -0.3 is 5.32 Å². The molecule has 0 bridgehead atoms. The monoisotopic (exact) mass is 403 g/mol. The van der Waals surface area contributed by atoms with Crippen molar-refractivity contribution in [3.8, 4) is 17.3 Å². The first-order chi connectivity index (χ1) is 12.9. The van der Waals surface area contributed by atoms with E-state index in [1.165, 1.54) is 28.1 Å². The number of pyridine rings is 1. The molecule has 1 N–H and O–H groups in total. The van der Waals surface area contributed by atoms with Gasteiger partial charge in [-0.2, -0.15) is 5.26 Å². The van der Waals surface area contributed by atoms with E-state index in [9.17, 15) is 8.42 Å². The Morgan fingerprint density at radius 2 is 2.07 bits per heavy atom. The molecule has 3 aromatic heterocycles. The van der Waals surface area contributed by atoms with Gasteiger partial charge in [0.05, 0.1) is 23.7 Å². The highest BCUT2D eigenvalue weighted by molar-refractivity contribution is 7.88. The van der Waals surface area contributed by atoms with Crippen LogP contribution in [0, 0.1) is 11.3 Å². The summed E-state index contributed by atoms with van der Waals surface area (Å²) in [6.07, 6.45) is 7.61. The molecule has 0 aromatic carbocycles. The van der Waals surface area contributed by atoms with Crippen molar-refractivity contribution in [2.45, 2.75) is 18.9 Å². The summed E-state index contributed by atoms with van der Waals surface area (Å²) in [5.41, 5.74) is 2.03. The standard InChI is InChI=1S/C16H17N7O2S2/c1-27(24,25)22-4-2-13(3-5-22)20-15-21-23-14(10-19-16(23)26-15)12-6-11(7-17)8-18-9-12/h6,8-10,13H,2-5H2,1H3,(H,20,21). The maximum atomic E-state index is 11.6. The van der Waals surface area contributed by atoms with E-state index in [-0.39, 0.29) is 6.04 Å². The van der Waals surface area contributed by atoms with Crippen molar-refractivity contribution in [3.05, 3.63) is 30.2 Å². The molecule has 1 fully saturated rings. The molecule has 11 heteroatoms. The highest BCUT2D eigenvalue weighted by Crippen LogP contribution is 2.27. The third kappa shape index (κ3) is 3.64. The molecule has 0 atom stereocenters. The molecular formula is C16H17N7O2S2. The second kappa shape index (κ2) is 6.88. The molecule has 4 rings (SSSR count). The van der Waals surface area contributed by atoms with E-state index >= 15 is 0 Å². The lowest BCUT2D eigenvalue weighted by molar-refractivity contribution is 0.332. The van der Waals surface area contributed by atoms with Crippen molar-refractivity contribution >= 4 is 31.5 Å². The molecule has 1 aliphatic rings. The van der Waals surface area contributed by atoms with Crippen LogP contribution in [0.1, 0.15) is 18.4 Å². The van der Waals surface area contributed by atoms with Crippen molar-refractivity contribution in [2.75, 3.05) is 24.7 Å². The molecule has 1 saturated heterocycles. The van der Waals surface area contributed by atoms with Gasteiger partial charge in [-0.3, -0.25) is 4.98 Å². The summed E-state index contributed by atoms with van der Waals surface area (Å²) in [6.45, 7) is 1.02. The quantitative estimate of drug-likeness (QED) is 0.702. The average molecular weight is 403 g/mol. The van der Waals surface area contributed by atoms with E-state index in [0.717, 1.165) is 34.2 Å². The number of piperidine rings is 1. The normalized spacial score (nSPS) is 16.4. The lowest BCUT2D eigenvalue weighted by atomic mass is 10.1. The lowest BCUT2D eigenvalue weighted by Crippen LogP contribution is -2.41. The molecule has 27 heavy (non-hydrogen) atoms. The fraction of sp³-hybridized carbons (Fsp3) is 0.375. The van der Waals surface area contributed by atoms with Gasteiger partial charge in [0, 0.05) is 37.1 Å². The molecular weight excluding hydrogens is 386 g/mol. The number of anilines is 1. The summed E-state index contributed by atoms with van der Waals surface area (Å²) >= 11 is 1.44. The summed E-state index contributed by atoms with van der Waals surface area (Å²) in [5.74, 6) is 0. The minimum absolute atomic E-state index is 0.172. The van der Waals surface area contributed by atoms with Crippen LogP contribution in [0.2, 0.25) is 0 Å². The molecule has 1 aliphatic heterocycles. The van der Waals surface area contributed by atoms with Crippen molar-refractivity contribution in [3.63, 3.8) is 0 Å². The van der Waals surface area contributed by atoms with Crippen molar-refractivity contribution in [1.29, 1.82) is 5.26 Å². The number of nitrogens with one attached hydrogen (secondary N) is 1. The van der Waals surface area contributed by atoms with E-state index in [1.54, 1.807) is 23.0 Å². The summed E-state index contributed by atoms with van der Waals surface area (Å²) in [7, 11) is -3.13. The minimum Gasteiger partial charge on any atom is -0.357 e. The summed E-state index contributed by atoms with van der Waals surface area (Å²) in [5, 5.41) is 17.8. The molecule has 0 spiro atoms. The van der Waals surface area contributed by atoms with Crippen LogP contribution in [-0.2, 0) is 10.0 Å². The fourth-order valence-electron chi connectivity index (χ4n) is 3.10. The van der Waals surface area contributed by atoms with Crippen LogP contribution in [-0.4, -0.2) is 57.7 Å². The van der Waals surface area contributed by atoms with Crippen LogP contribution in [0.4, 0.5) is 5.13 Å². The van der Waals surface area contributed by atoms with Gasteiger partial charge in [-0.1, -0.05) is 11.3 Å². The second-order valence-electron chi connectivity index (χ2n) is 6.40. The SMILES string of the molecule is CS(=O)(=O)N1CCC(Nc2nn3c(-c4cncc(C#N)c4)cnc3s2)CC1. The zero-order valence-electron chi connectivity index (χ0n) is 14.5. The molecule has 0 aliphatic carbocycles. The molecule has 140 valence electrons. The predicted molar refractivity (Wildman–Crippen MR) is 102 cm³/mol. The molecule has 0 radical (unpaired) electrons. The number of hydrogen-bond donors (Lipinski definition) is 1. The van der Waals surface area contributed by atoms with Gasteiger partial charge in [0.2, 0.25) is 20.1 Å². The highest BCUT2D eigenvalue weighted by atomic mass is 32.2. The smallest absolute Gasteiger partial charge is 0.214 e. The number of sulfonamides is 1. The topological polar surface area (TPSA) is 116 Å². The molecule has 0 unspecified atom stereocenters. The third-order valence-corrected chi connectivity index (χ3v) is 6.66. The first kappa shape index (κ1) is 17.8. The van der Waals surface area contributed by atoms with Crippen molar-refractivity contribution < 1.29 is 8.42 Å². The van der Waals surface area contributed by atoms with Gasteiger partial charge >= 0.3 is 0 Å². The number of fused-ring (bicyclic) bond motifs is 1. The molecule has 0 saturated carbocycles. The summed E-state index contributed by atoms with van der Waals surface area (Å²) in [6, 6.07) is 4.01. The Hall–Kier alpha value is -2.55. The molecule has 3 aromatic rings. The maximum absolute atomic E-state index is 11.6. The van der Waals surface area contributed by atoms with Crippen molar-refractivity contribution in [1.82, 2.24) is 23.9 Å². The molecule has 9 nitrogen and oxygen atoms in total. The van der Waals surface area contributed by atoms with Crippen molar-refractivity contribution in [2.24, 2.45) is 0 Å². The van der Waals surface area contributed by atoms with Gasteiger partial charge in [0.1, 0.15) is 6.07 Å². The number of aromatic nitrogens is 4. The maximum Gasteiger partial charge on any atom is 0.214 e. The van der Waals surface area contributed by atoms with Crippen LogP contribution in [0.5, 0.6) is 0 Å². The Balaban J connectivity index is 1.52. The van der Waals surface area contributed by atoms with Crippen LogP contribution in [0.3, 0.4) is 0 Å².